The Morgan fingerprint density at radius 3 is 2.45 bits per heavy atom. The molecule has 0 N–H and O–H groups in total. The topological polar surface area (TPSA) is 29.5 Å². The van der Waals surface area contributed by atoms with Crippen LogP contribution in [0.5, 0.6) is 0 Å². The number of benzene rings is 1. The molecule has 3 nitrogen and oxygen atoms in total. The summed E-state index contributed by atoms with van der Waals surface area (Å²) in [5.41, 5.74) is 1.19. The summed E-state index contributed by atoms with van der Waals surface area (Å²) in [7, 11) is -1.75. The molecule has 1 aliphatic rings. The number of carbonyl (C=O) groups is 1. The monoisotopic (exact) mass is 319 g/mol. The van der Waals surface area contributed by atoms with Crippen LogP contribution >= 0.6 is 0 Å². The van der Waals surface area contributed by atoms with Crippen LogP contribution in [0, 0.1) is 0 Å². The lowest BCUT2D eigenvalue weighted by molar-refractivity contribution is -0.130. The Bertz CT molecular complexity index is 508. The molecule has 1 fully saturated rings. The second-order valence-electron chi connectivity index (χ2n) is 7.77. The average molecular weight is 320 g/mol. The zero-order chi connectivity index (χ0) is 16.4. The van der Waals surface area contributed by atoms with Crippen LogP contribution in [0.15, 0.2) is 30.3 Å². The molecule has 1 amide bonds. The molecule has 1 aliphatic heterocycles. The molecule has 0 bridgehead atoms. The first kappa shape index (κ1) is 17.2. The van der Waals surface area contributed by atoms with Gasteiger partial charge in [-0.15, -0.1) is 0 Å². The molecule has 0 aromatic heterocycles. The quantitative estimate of drug-likeness (QED) is 0.761. The maximum absolute atomic E-state index is 12.2. The summed E-state index contributed by atoms with van der Waals surface area (Å²) < 4.78 is 6.34. The van der Waals surface area contributed by atoms with Gasteiger partial charge < -0.3 is 9.33 Å². The first-order valence-corrected chi connectivity index (χ1v) is 11.1. The third-order valence-corrected chi connectivity index (χ3v) is 9.59. The van der Waals surface area contributed by atoms with Crippen molar-refractivity contribution in [1.29, 1.82) is 0 Å². The third kappa shape index (κ3) is 3.99. The van der Waals surface area contributed by atoms with Gasteiger partial charge in [0.05, 0.1) is 12.6 Å². The lowest BCUT2D eigenvalue weighted by Crippen LogP contribution is -2.45. The summed E-state index contributed by atoms with van der Waals surface area (Å²) in [6, 6.07) is 10.4. The number of likely N-dealkylation sites (tertiary alicyclic amines) is 1. The van der Waals surface area contributed by atoms with Gasteiger partial charge in [0.2, 0.25) is 5.91 Å². The molecule has 2 rings (SSSR count). The fourth-order valence-corrected chi connectivity index (χ4v) is 3.53. The molecule has 0 aliphatic carbocycles. The van der Waals surface area contributed by atoms with Crippen molar-refractivity contribution < 1.29 is 9.22 Å². The van der Waals surface area contributed by atoms with Crippen molar-refractivity contribution in [2.45, 2.75) is 64.3 Å². The maximum Gasteiger partial charge on any atom is 0.223 e. The molecule has 1 aromatic rings. The number of rotatable bonds is 5. The normalized spacial score (nSPS) is 19.8. The third-order valence-electron chi connectivity index (χ3n) is 5.09. The Morgan fingerprint density at radius 1 is 1.23 bits per heavy atom. The number of amides is 1. The predicted molar refractivity (Wildman–Crippen MR) is 93.2 cm³/mol. The molecule has 0 saturated carbocycles. The van der Waals surface area contributed by atoms with Crippen LogP contribution < -0.4 is 0 Å². The molecular weight excluding hydrogens is 290 g/mol. The van der Waals surface area contributed by atoms with Crippen molar-refractivity contribution in [2.75, 3.05) is 6.61 Å². The lowest BCUT2D eigenvalue weighted by atomic mass is 10.2. The van der Waals surface area contributed by atoms with Gasteiger partial charge in [0, 0.05) is 13.0 Å². The maximum atomic E-state index is 12.2. The number of carbonyl (C=O) groups excluding carboxylic acids is 1. The van der Waals surface area contributed by atoms with Gasteiger partial charge in [0.1, 0.15) is 0 Å². The van der Waals surface area contributed by atoms with Crippen LogP contribution in [0.25, 0.3) is 0 Å². The highest BCUT2D eigenvalue weighted by Crippen LogP contribution is 2.37. The summed E-state index contributed by atoms with van der Waals surface area (Å²) in [6.45, 7) is 12.7. The van der Waals surface area contributed by atoms with E-state index in [0.29, 0.717) is 19.6 Å². The molecule has 0 radical (unpaired) electrons. The van der Waals surface area contributed by atoms with Gasteiger partial charge >= 0.3 is 0 Å². The highest BCUT2D eigenvalue weighted by molar-refractivity contribution is 6.74. The summed E-state index contributed by atoms with van der Waals surface area (Å²) in [5.74, 6) is 0.257. The first-order chi connectivity index (χ1) is 10.2. The molecule has 4 heteroatoms. The Morgan fingerprint density at radius 2 is 1.86 bits per heavy atom. The predicted octanol–water partition coefficient (Wildman–Crippen LogP) is 4.20. The van der Waals surface area contributed by atoms with Gasteiger partial charge in [-0.25, -0.2) is 0 Å². The van der Waals surface area contributed by atoms with Gasteiger partial charge in [-0.2, -0.15) is 0 Å². The van der Waals surface area contributed by atoms with Crippen molar-refractivity contribution in [2.24, 2.45) is 0 Å². The van der Waals surface area contributed by atoms with Crippen LogP contribution in [0.4, 0.5) is 0 Å². The second-order valence-corrected chi connectivity index (χ2v) is 12.6. The summed E-state index contributed by atoms with van der Waals surface area (Å²) in [4.78, 5) is 14.2. The molecule has 1 saturated heterocycles. The van der Waals surface area contributed by atoms with Gasteiger partial charge in [0.25, 0.3) is 0 Å². The minimum absolute atomic E-state index is 0.208. The van der Waals surface area contributed by atoms with Gasteiger partial charge in [-0.05, 0) is 30.1 Å². The standard InChI is InChI=1S/C18H29NO2Si/c1-18(2,3)22(4,5)21-14-16-11-12-17(20)19(16)13-15-9-7-6-8-10-15/h6-10,16H,11-14H2,1-5H3/t16-/m1/s1. The first-order valence-electron chi connectivity index (χ1n) is 8.18. The Balaban J connectivity index is 1.99. The van der Waals surface area contributed by atoms with E-state index in [1.807, 2.05) is 23.1 Å². The van der Waals surface area contributed by atoms with Crippen molar-refractivity contribution in [3.8, 4) is 0 Å². The summed E-state index contributed by atoms with van der Waals surface area (Å²) in [6.07, 6.45) is 1.57. The average Bonchev–Trinajstić information content (AvgIpc) is 2.78. The van der Waals surface area contributed by atoms with E-state index in [1.54, 1.807) is 0 Å². The molecule has 1 heterocycles. The minimum Gasteiger partial charge on any atom is -0.415 e. The Labute approximate surface area is 135 Å². The van der Waals surface area contributed by atoms with Crippen LogP contribution in [0.2, 0.25) is 18.1 Å². The van der Waals surface area contributed by atoms with Crippen LogP contribution in [-0.4, -0.2) is 31.8 Å². The largest absolute Gasteiger partial charge is 0.415 e. The van der Waals surface area contributed by atoms with Crippen LogP contribution in [0.1, 0.15) is 39.2 Å². The van der Waals surface area contributed by atoms with E-state index in [-0.39, 0.29) is 17.0 Å². The Kier molecular flexibility index (Phi) is 5.13. The highest BCUT2D eigenvalue weighted by atomic mass is 28.4. The van der Waals surface area contributed by atoms with E-state index in [2.05, 4.69) is 46.0 Å². The highest BCUT2D eigenvalue weighted by Gasteiger charge is 2.39. The van der Waals surface area contributed by atoms with Crippen molar-refractivity contribution in [3.63, 3.8) is 0 Å². The van der Waals surface area contributed by atoms with Crippen LogP contribution in [0.3, 0.4) is 0 Å². The van der Waals surface area contributed by atoms with Crippen molar-refractivity contribution >= 4 is 14.2 Å². The fourth-order valence-electron chi connectivity index (χ4n) is 2.48. The molecule has 0 spiro atoms. The molecule has 0 unspecified atom stereocenters. The van der Waals surface area contributed by atoms with Gasteiger partial charge in [-0.1, -0.05) is 51.1 Å². The molecular formula is C18H29NO2Si. The van der Waals surface area contributed by atoms with Crippen molar-refractivity contribution in [1.82, 2.24) is 4.90 Å². The minimum atomic E-state index is -1.75. The zero-order valence-corrected chi connectivity index (χ0v) is 15.6. The molecule has 22 heavy (non-hydrogen) atoms. The Hall–Kier alpha value is -1.13. The number of hydrogen-bond acceptors (Lipinski definition) is 2. The SMILES string of the molecule is CC(C)(C)[Si](C)(C)OC[C@H]1CCC(=O)N1Cc1ccccc1. The van der Waals surface area contributed by atoms with E-state index in [1.165, 1.54) is 5.56 Å². The lowest BCUT2D eigenvalue weighted by Gasteiger charge is -2.38. The van der Waals surface area contributed by atoms with Crippen molar-refractivity contribution in [3.05, 3.63) is 35.9 Å². The smallest absolute Gasteiger partial charge is 0.223 e. The second kappa shape index (κ2) is 6.55. The molecule has 1 aromatic carbocycles. The number of nitrogens with zero attached hydrogens (tertiary/aromatic N) is 1. The zero-order valence-electron chi connectivity index (χ0n) is 14.6. The van der Waals surface area contributed by atoms with Gasteiger partial charge in [-0.3, -0.25) is 4.79 Å². The van der Waals surface area contributed by atoms with E-state index in [4.69, 9.17) is 4.43 Å². The fraction of sp³-hybridized carbons (Fsp3) is 0.611. The van der Waals surface area contributed by atoms with Gasteiger partial charge in [0.15, 0.2) is 8.32 Å². The number of hydrogen-bond donors (Lipinski definition) is 0. The summed E-state index contributed by atoms with van der Waals surface area (Å²) in [5, 5.41) is 0.208. The molecule has 1 atom stereocenters. The van der Waals surface area contributed by atoms with E-state index in [9.17, 15) is 4.79 Å². The van der Waals surface area contributed by atoms with E-state index < -0.39 is 8.32 Å². The molecule has 122 valence electrons. The van der Waals surface area contributed by atoms with E-state index >= 15 is 0 Å². The van der Waals surface area contributed by atoms with E-state index in [0.717, 1.165) is 6.42 Å². The van der Waals surface area contributed by atoms with Crippen LogP contribution in [-0.2, 0) is 15.8 Å². The summed E-state index contributed by atoms with van der Waals surface area (Å²) >= 11 is 0.